The van der Waals surface area contributed by atoms with Crippen LogP contribution in [0.4, 0.5) is 0 Å². The largest absolute Gasteiger partial charge is 0.352 e. The Bertz CT molecular complexity index is 574. The van der Waals surface area contributed by atoms with Crippen LogP contribution in [0.25, 0.3) is 0 Å². The van der Waals surface area contributed by atoms with Gasteiger partial charge in [0.25, 0.3) is 0 Å². The third kappa shape index (κ3) is 4.81. The van der Waals surface area contributed by atoms with Gasteiger partial charge in [-0.25, -0.2) is 0 Å². The Morgan fingerprint density at radius 2 is 2.09 bits per heavy atom. The molecule has 0 aliphatic carbocycles. The van der Waals surface area contributed by atoms with Crippen LogP contribution in [-0.4, -0.2) is 42.9 Å². The molecule has 0 saturated carbocycles. The highest BCUT2D eigenvalue weighted by molar-refractivity contribution is 6.30. The number of carbonyl (C=O) groups excluding carboxylic acids is 2. The van der Waals surface area contributed by atoms with Gasteiger partial charge in [0, 0.05) is 30.6 Å². The number of amides is 2. The third-order valence-corrected chi connectivity index (χ3v) is 4.30. The fraction of sp³-hybridized carbons (Fsp3) is 0.412. The van der Waals surface area contributed by atoms with Gasteiger partial charge in [-0.3, -0.25) is 14.5 Å². The molecule has 124 valence electrons. The van der Waals surface area contributed by atoms with Crippen molar-refractivity contribution in [2.45, 2.75) is 24.9 Å². The Morgan fingerprint density at radius 3 is 2.74 bits per heavy atom. The molecule has 1 aromatic rings. The molecule has 1 heterocycles. The molecule has 6 heteroatoms. The molecular formula is C17H22ClN3O2. The molecule has 1 aromatic carbocycles. The lowest BCUT2D eigenvalue weighted by Gasteiger charge is -2.26. The van der Waals surface area contributed by atoms with Gasteiger partial charge in [0.2, 0.25) is 11.8 Å². The third-order valence-electron chi connectivity index (χ3n) is 4.04. The monoisotopic (exact) mass is 335 g/mol. The number of benzene rings is 1. The maximum absolute atomic E-state index is 12.1. The van der Waals surface area contributed by atoms with E-state index >= 15 is 0 Å². The lowest BCUT2D eigenvalue weighted by atomic mass is 10.00. The van der Waals surface area contributed by atoms with Crippen LogP contribution in [0.3, 0.4) is 0 Å². The Kier molecular flexibility index (Phi) is 6.19. The van der Waals surface area contributed by atoms with Gasteiger partial charge in [0.1, 0.15) is 0 Å². The summed E-state index contributed by atoms with van der Waals surface area (Å²) in [7, 11) is 2.05. The van der Waals surface area contributed by atoms with Crippen LogP contribution in [-0.2, 0) is 9.59 Å². The van der Waals surface area contributed by atoms with Gasteiger partial charge < -0.3 is 10.6 Å². The standard InChI is InChI=1S/C17H22ClN3O2/c1-3-15(22)19-10-8-16(23)20-14-9-11-21(2)17(14)12-4-6-13(18)7-5-12/h3-7,14,17H,1,8-11H2,2H3,(H,19,22)(H,20,23)/t14-,17+/m1/s1. The highest BCUT2D eigenvalue weighted by atomic mass is 35.5. The summed E-state index contributed by atoms with van der Waals surface area (Å²) in [5, 5.41) is 6.38. The van der Waals surface area contributed by atoms with Crippen LogP contribution in [0.15, 0.2) is 36.9 Å². The second-order valence-corrected chi connectivity index (χ2v) is 6.12. The topological polar surface area (TPSA) is 61.4 Å². The van der Waals surface area contributed by atoms with E-state index in [2.05, 4.69) is 29.2 Å². The predicted molar refractivity (Wildman–Crippen MR) is 91.2 cm³/mol. The summed E-state index contributed by atoms with van der Waals surface area (Å²) >= 11 is 5.95. The van der Waals surface area contributed by atoms with E-state index in [9.17, 15) is 9.59 Å². The van der Waals surface area contributed by atoms with Gasteiger partial charge in [0.05, 0.1) is 6.04 Å². The number of nitrogens with one attached hydrogen (secondary N) is 2. The van der Waals surface area contributed by atoms with E-state index in [1.54, 1.807) is 0 Å². The molecule has 1 fully saturated rings. The number of hydrogen-bond donors (Lipinski definition) is 2. The van der Waals surface area contributed by atoms with Crippen molar-refractivity contribution in [3.05, 3.63) is 47.5 Å². The van der Waals surface area contributed by atoms with Crippen LogP contribution in [0.1, 0.15) is 24.4 Å². The molecule has 0 bridgehead atoms. The van der Waals surface area contributed by atoms with Crippen molar-refractivity contribution in [2.75, 3.05) is 20.1 Å². The molecule has 2 rings (SSSR count). The summed E-state index contributed by atoms with van der Waals surface area (Å²) in [5.41, 5.74) is 1.14. The van der Waals surface area contributed by atoms with Gasteiger partial charge >= 0.3 is 0 Å². The highest BCUT2D eigenvalue weighted by Crippen LogP contribution is 2.31. The van der Waals surface area contributed by atoms with Crippen molar-refractivity contribution in [3.63, 3.8) is 0 Å². The van der Waals surface area contributed by atoms with Crippen molar-refractivity contribution in [2.24, 2.45) is 0 Å². The molecule has 5 nitrogen and oxygen atoms in total. The molecule has 2 atom stereocenters. The number of likely N-dealkylation sites (N-methyl/N-ethyl adjacent to an activating group) is 1. The number of rotatable bonds is 6. The zero-order chi connectivity index (χ0) is 16.8. The first-order valence-corrected chi connectivity index (χ1v) is 8.04. The highest BCUT2D eigenvalue weighted by Gasteiger charge is 2.33. The van der Waals surface area contributed by atoms with Crippen molar-refractivity contribution >= 4 is 23.4 Å². The minimum Gasteiger partial charge on any atom is -0.352 e. The van der Waals surface area contributed by atoms with Gasteiger partial charge in [0.15, 0.2) is 0 Å². The van der Waals surface area contributed by atoms with Gasteiger partial charge in [-0.15, -0.1) is 0 Å². The normalized spacial score (nSPS) is 21.0. The Morgan fingerprint density at radius 1 is 1.39 bits per heavy atom. The van der Waals surface area contributed by atoms with Crippen molar-refractivity contribution in [1.82, 2.24) is 15.5 Å². The second-order valence-electron chi connectivity index (χ2n) is 5.68. The van der Waals surface area contributed by atoms with E-state index in [1.807, 2.05) is 24.3 Å². The van der Waals surface area contributed by atoms with Crippen LogP contribution >= 0.6 is 11.6 Å². The van der Waals surface area contributed by atoms with E-state index in [1.165, 1.54) is 6.08 Å². The fourth-order valence-electron chi connectivity index (χ4n) is 2.90. The second kappa shape index (κ2) is 8.13. The van der Waals surface area contributed by atoms with Crippen molar-refractivity contribution in [1.29, 1.82) is 0 Å². The molecule has 0 spiro atoms. The average molecular weight is 336 g/mol. The summed E-state index contributed by atoms with van der Waals surface area (Å²) in [6.07, 6.45) is 2.35. The van der Waals surface area contributed by atoms with Crippen molar-refractivity contribution < 1.29 is 9.59 Å². The van der Waals surface area contributed by atoms with Crippen molar-refractivity contribution in [3.8, 4) is 0 Å². The minimum atomic E-state index is -0.266. The number of likely N-dealkylation sites (tertiary alicyclic amines) is 1. The van der Waals surface area contributed by atoms with E-state index in [0.717, 1.165) is 18.5 Å². The number of nitrogens with zero attached hydrogens (tertiary/aromatic N) is 1. The minimum absolute atomic E-state index is 0.0591. The number of halogens is 1. The summed E-state index contributed by atoms with van der Waals surface area (Å²) in [5.74, 6) is -0.328. The molecule has 0 radical (unpaired) electrons. The maximum atomic E-state index is 12.1. The molecule has 0 unspecified atom stereocenters. The zero-order valence-electron chi connectivity index (χ0n) is 13.2. The first-order chi connectivity index (χ1) is 11.0. The summed E-state index contributed by atoms with van der Waals surface area (Å²) < 4.78 is 0. The van der Waals surface area contributed by atoms with Gasteiger partial charge in [-0.1, -0.05) is 30.3 Å². The first kappa shape index (κ1) is 17.5. The molecule has 2 amide bonds. The van der Waals surface area contributed by atoms with Crippen LogP contribution < -0.4 is 10.6 Å². The molecule has 2 N–H and O–H groups in total. The van der Waals surface area contributed by atoms with Gasteiger partial charge in [-0.05, 0) is 37.2 Å². The number of carbonyl (C=O) groups is 2. The summed E-state index contributed by atoms with van der Waals surface area (Å²) in [6.45, 7) is 4.60. The van der Waals surface area contributed by atoms with Crippen LogP contribution in [0.5, 0.6) is 0 Å². The van der Waals surface area contributed by atoms with E-state index in [0.29, 0.717) is 11.6 Å². The lowest BCUT2D eigenvalue weighted by molar-refractivity contribution is -0.122. The molecule has 23 heavy (non-hydrogen) atoms. The zero-order valence-corrected chi connectivity index (χ0v) is 14.0. The fourth-order valence-corrected chi connectivity index (χ4v) is 3.02. The quantitative estimate of drug-likeness (QED) is 0.780. The lowest BCUT2D eigenvalue weighted by Crippen LogP contribution is -2.40. The maximum Gasteiger partial charge on any atom is 0.243 e. The Hall–Kier alpha value is -1.85. The molecule has 1 aliphatic heterocycles. The van der Waals surface area contributed by atoms with E-state index in [-0.39, 0.29) is 30.3 Å². The van der Waals surface area contributed by atoms with E-state index < -0.39 is 0 Å². The van der Waals surface area contributed by atoms with Crippen LogP contribution in [0, 0.1) is 0 Å². The first-order valence-electron chi connectivity index (χ1n) is 7.66. The molecular weight excluding hydrogens is 314 g/mol. The molecule has 0 aromatic heterocycles. The SMILES string of the molecule is C=CC(=O)NCCC(=O)N[C@@H]1CCN(C)[C@H]1c1ccc(Cl)cc1. The summed E-state index contributed by atoms with van der Waals surface area (Å²) in [6, 6.07) is 7.93. The van der Waals surface area contributed by atoms with Crippen LogP contribution in [0.2, 0.25) is 5.02 Å². The van der Waals surface area contributed by atoms with Gasteiger partial charge in [-0.2, -0.15) is 0 Å². The Labute approximate surface area is 141 Å². The predicted octanol–water partition coefficient (Wildman–Crippen LogP) is 1.89. The summed E-state index contributed by atoms with van der Waals surface area (Å²) in [4.78, 5) is 25.4. The number of hydrogen-bond acceptors (Lipinski definition) is 3. The average Bonchev–Trinajstić information content (AvgIpc) is 2.88. The van der Waals surface area contributed by atoms with E-state index in [4.69, 9.17) is 11.6 Å². The Balaban J connectivity index is 1.92. The molecule has 1 saturated heterocycles. The molecule has 1 aliphatic rings. The smallest absolute Gasteiger partial charge is 0.243 e.